The number of halogens is 1. The Morgan fingerprint density at radius 1 is 0.857 bits per heavy atom. The topological polar surface area (TPSA) is 24.9 Å². The van der Waals surface area contributed by atoms with Crippen molar-refractivity contribution >= 4 is 28.3 Å². The van der Waals surface area contributed by atoms with Gasteiger partial charge in [-0.15, -0.1) is 0 Å². The van der Waals surface area contributed by atoms with E-state index >= 15 is 0 Å². The first-order valence-electron chi connectivity index (χ1n) is 6.81. The molecule has 104 valence electrons. The van der Waals surface area contributed by atoms with Crippen LogP contribution in [0, 0.1) is 3.57 Å². The van der Waals surface area contributed by atoms with Crippen LogP contribution >= 0.6 is 22.6 Å². The molecule has 1 unspecified atom stereocenters. The highest BCUT2D eigenvalue weighted by atomic mass is 127. The maximum Gasteiger partial charge on any atom is 0.0940 e. The number of hydrogen-bond acceptors (Lipinski definition) is 2. The van der Waals surface area contributed by atoms with Crippen LogP contribution in [0.2, 0.25) is 0 Å². The summed E-state index contributed by atoms with van der Waals surface area (Å²) in [6, 6.07) is 24.8. The molecule has 0 bridgehead atoms. The van der Waals surface area contributed by atoms with Gasteiger partial charge in [-0.2, -0.15) is 0 Å². The number of anilines is 1. The molecule has 1 aromatic heterocycles. The summed E-state index contributed by atoms with van der Waals surface area (Å²) in [4.78, 5) is 4.51. The zero-order valence-electron chi connectivity index (χ0n) is 11.4. The van der Waals surface area contributed by atoms with Crippen LogP contribution in [0.4, 0.5) is 5.69 Å². The van der Waals surface area contributed by atoms with E-state index in [2.05, 4.69) is 87.5 Å². The monoisotopic (exact) mass is 386 g/mol. The molecule has 0 saturated carbocycles. The van der Waals surface area contributed by atoms with Gasteiger partial charge in [-0.25, -0.2) is 0 Å². The lowest BCUT2D eigenvalue weighted by Gasteiger charge is -2.20. The lowest BCUT2D eigenvalue weighted by Crippen LogP contribution is -2.13. The van der Waals surface area contributed by atoms with Gasteiger partial charge in [-0.05, 0) is 58.5 Å². The lowest BCUT2D eigenvalue weighted by molar-refractivity contribution is 0.887. The Hall–Kier alpha value is -1.88. The number of rotatable bonds is 4. The van der Waals surface area contributed by atoms with E-state index in [-0.39, 0.29) is 6.04 Å². The summed E-state index contributed by atoms with van der Waals surface area (Å²) in [5.41, 5.74) is 3.32. The summed E-state index contributed by atoms with van der Waals surface area (Å²) < 4.78 is 1.21. The predicted octanol–water partition coefficient (Wildman–Crippen LogP) is 4.89. The van der Waals surface area contributed by atoms with E-state index in [1.807, 2.05) is 24.4 Å². The van der Waals surface area contributed by atoms with Gasteiger partial charge >= 0.3 is 0 Å². The summed E-state index contributed by atoms with van der Waals surface area (Å²) in [5.74, 6) is 0. The number of nitrogens with zero attached hydrogens (tertiary/aromatic N) is 1. The van der Waals surface area contributed by atoms with Crippen LogP contribution in [0.3, 0.4) is 0 Å². The average molecular weight is 386 g/mol. The zero-order valence-corrected chi connectivity index (χ0v) is 13.6. The highest BCUT2D eigenvalue weighted by molar-refractivity contribution is 14.1. The Kier molecular flexibility index (Phi) is 4.50. The number of pyridine rings is 1. The third kappa shape index (κ3) is 3.61. The third-order valence-electron chi connectivity index (χ3n) is 3.25. The minimum absolute atomic E-state index is 0.0469. The lowest BCUT2D eigenvalue weighted by atomic mass is 10.0. The molecule has 0 radical (unpaired) electrons. The first-order valence-corrected chi connectivity index (χ1v) is 7.89. The fourth-order valence-corrected chi connectivity index (χ4v) is 2.81. The molecular weight excluding hydrogens is 371 g/mol. The van der Waals surface area contributed by atoms with Crippen LogP contribution in [0.5, 0.6) is 0 Å². The molecule has 0 fully saturated rings. The summed E-state index contributed by atoms with van der Waals surface area (Å²) in [6.07, 6.45) is 1.84. The smallest absolute Gasteiger partial charge is 0.0940 e. The van der Waals surface area contributed by atoms with Crippen molar-refractivity contribution in [3.8, 4) is 0 Å². The van der Waals surface area contributed by atoms with Gasteiger partial charge < -0.3 is 5.32 Å². The fourth-order valence-electron chi connectivity index (χ4n) is 2.27. The second-order valence-corrected chi connectivity index (χ2v) is 6.00. The van der Waals surface area contributed by atoms with Crippen molar-refractivity contribution in [2.75, 3.05) is 5.32 Å². The van der Waals surface area contributed by atoms with Crippen molar-refractivity contribution < 1.29 is 0 Å². The van der Waals surface area contributed by atoms with Gasteiger partial charge in [0, 0.05) is 15.5 Å². The zero-order chi connectivity index (χ0) is 14.5. The molecule has 0 aliphatic heterocycles. The molecule has 3 heteroatoms. The Bertz CT molecular complexity index is 659. The molecule has 2 nitrogen and oxygen atoms in total. The molecule has 3 rings (SSSR count). The molecule has 1 atom stereocenters. The van der Waals surface area contributed by atoms with Gasteiger partial charge in [0.05, 0.1) is 11.7 Å². The van der Waals surface area contributed by atoms with Gasteiger partial charge in [0.2, 0.25) is 0 Å². The molecule has 0 aliphatic rings. The van der Waals surface area contributed by atoms with Crippen LogP contribution in [0.25, 0.3) is 0 Å². The molecule has 0 saturated heterocycles. The Balaban J connectivity index is 1.97. The molecular formula is C18H15IN2. The molecule has 21 heavy (non-hydrogen) atoms. The van der Waals surface area contributed by atoms with Gasteiger partial charge in [0.1, 0.15) is 0 Å². The average Bonchev–Trinajstić information content (AvgIpc) is 2.54. The summed E-state index contributed by atoms with van der Waals surface area (Å²) in [7, 11) is 0. The van der Waals surface area contributed by atoms with Crippen molar-refractivity contribution in [1.82, 2.24) is 4.98 Å². The van der Waals surface area contributed by atoms with Crippen LogP contribution in [-0.2, 0) is 0 Å². The second kappa shape index (κ2) is 6.72. The van der Waals surface area contributed by atoms with E-state index in [4.69, 9.17) is 0 Å². The second-order valence-electron chi connectivity index (χ2n) is 4.75. The van der Waals surface area contributed by atoms with E-state index in [1.54, 1.807) is 0 Å². The van der Waals surface area contributed by atoms with E-state index in [9.17, 15) is 0 Å². The van der Waals surface area contributed by atoms with E-state index in [0.29, 0.717) is 0 Å². The Morgan fingerprint density at radius 2 is 1.67 bits per heavy atom. The van der Waals surface area contributed by atoms with Crippen molar-refractivity contribution in [2.45, 2.75) is 6.04 Å². The molecule has 1 heterocycles. The quantitative estimate of drug-likeness (QED) is 0.646. The van der Waals surface area contributed by atoms with Crippen molar-refractivity contribution in [3.05, 3.63) is 93.8 Å². The van der Waals surface area contributed by atoms with Crippen LogP contribution in [-0.4, -0.2) is 4.98 Å². The first kappa shape index (κ1) is 14.1. The molecule has 0 aliphatic carbocycles. The van der Waals surface area contributed by atoms with Gasteiger partial charge in [0.25, 0.3) is 0 Å². The van der Waals surface area contributed by atoms with E-state index in [1.165, 1.54) is 9.13 Å². The van der Waals surface area contributed by atoms with E-state index in [0.717, 1.165) is 11.4 Å². The molecule has 0 amide bonds. The fraction of sp³-hybridized carbons (Fsp3) is 0.0556. The van der Waals surface area contributed by atoms with Crippen molar-refractivity contribution in [2.24, 2.45) is 0 Å². The molecule has 1 N–H and O–H groups in total. The minimum Gasteiger partial charge on any atom is -0.373 e. The normalized spacial score (nSPS) is 11.9. The summed E-state index contributed by atoms with van der Waals surface area (Å²) >= 11 is 2.33. The van der Waals surface area contributed by atoms with Crippen molar-refractivity contribution in [3.63, 3.8) is 0 Å². The van der Waals surface area contributed by atoms with Crippen LogP contribution in [0.1, 0.15) is 17.3 Å². The van der Waals surface area contributed by atoms with E-state index < -0.39 is 0 Å². The number of aromatic nitrogens is 1. The third-order valence-corrected chi connectivity index (χ3v) is 3.92. The Labute approximate surface area is 138 Å². The minimum atomic E-state index is 0.0469. The van der Waals surface area contributed by atoms with Crippen LogP contribution in [0.15, 0.2) is 79.0 Å². The number of hydrogen-bond donors (Lipinski definition) is 1. The highest BCUT2D eigenvalue weighted by Crippen LogP contribution is 2.25. The maximum absolute atomic E-state index is 4.51. The van der Waals surface area contributed by atoms with Gasteiger partial charge in [-0.3, -0.25) is 4.98 Å². The Morgan fingerprint density at radius 3 is 2.38 bits per heavy atom. The summed E-state index contributed by atoms with van der Waals surface area (Å²) in [6.45, 7) is 0. The number of benzene rings is 2. The molecule has 0 spiro atoms. The summed E-state index contributed by atoms with van der Waals surface area (Å²) in [5, 5.41) is 3.59. The SMILES string of the molecule is Ic1cccc(NC(c2ccccc2)c2ccccn2)c1. The largest absolute Gasteiger partial charge is 0.373 e. The highest BCUT2D eigenvalue weighted by Gasteiger charge is 2.14. The maximum atomic E-state index is 4.51. The number of nitrogens with one attached hydrogen (secondary N) is 1. The van der Waals surface area contributed by atoms with Gasteiger partial charge in [0.15, 0.2) is 0 Å². The molecule has 2 aromatic carbocycles. The van der Waals surface area contributed by atoms with Gasteiger partial charge in [-0.1, -0.05) is 42.5 Å². The van der Waals surface area contributed by atoms with Crippen LogP contribution < -0.4 is 5.32 Å². The predicted molar refractivity (Wildman–Crippen MR) is 95.3 cm³/mol. The molecule has 3 aromatic rings. The van der Waals surface area contributed by atoms with Crippen molar-refractivity contribution in [1.29, 1.82) is 0 Å². The first-order chi connectivity index (χ1) is 10.3. The standard InChI is InChI=1S/C18H15IN2/c19-15-9-6-10-16(13-15)21-18(14-7-2-1-3-8-14)17-11-4-5-12-20-17/h1-13,18,21H.